The third-order valence-electron chi connectivity index (χ3n) is 2.53. The van der Waals surface area contributed by atoms with Crippen molar-refractivity contribution in [3.05, 3.63) is 42.0 Å². The monoisotopic (exact) mass is 284 g/mol. The van der Waals surface area contributed by atoms with Gasteiger partial charge in [0.25, 0.3) is 0 Å². The minimum atomic E-state index is -5.80. The second-order valence-electron chi connectivity index (χ2n) is 3.84. The molecule has 1 rings (SSSR count). The van der Waals surface area contributed by atoms with Crippen LogP contribution in [0.25, 0.3) is 6.08 Å². The lowest BCUT2D eigenvalue weighted by Gasteiger charge is -2.26. The summed E-state index contributed by atoms with van der Waals surface area (Å²) >= 11 is 0. The minimum Gasteiger partial charge on any atom is -0.240 e. The van der Waals surface area contributed by atoms with E-state index in [1.165, 1.54) is 30.3 Å². The molecule has 0 N–H and O–H groups in total. The zero-order chi connectivity index (χ0) is 14.7. The van der Waals surface area contributed by atoms with Crippen LogP contribution >= 0.6 is 0 Å². The number of rotatable bonds is 5. The number of hydrogen-bond donors (Lipinski definition) is 0. The Morgan fingerprint density at radius 2 is 1.68 bits per heavy atom. The lowest BCUT2D eigenvalue weighted by molar-refractivity contribution is -0.418. The molecule has 2 unspecified atom stereocenters. The zero-order valence-corrected chi connectivity index (χ0v) is 9.55. The van der Waals surface area contributed by atoms with Crippen LogP contribution in [0.1, 0.15) is 11.1 Å². The minimum absolute atomic E-state index is 0.0708. The van der Waals surface area contributed by atoms with Gasteiger partial charge in [-0.25, -0.2) is 4.39 Å². The van der Waals surface area contributed by atoms with Crippen molar-refractivity contribution in [2.45, 2.75) is 24.6 Å². The van der Waals surface area contributed by atoms with E-state index in [1.54, 1.807) is 0 Å². The van der Waals surface area contributed by atoms with Crippen molar-refractivity contribution in [2.75, 3.05) is 0 Å². The van der Waals surface area contributed by atoms with E-state index in [9.17, 15) is 26.5 Å². The normalized spacial score (nSPS) is 16.7. The maximum atomic E-state index is 13.3. The van der Waals surface area contributed by atoms with Crippen molar-refractivity contribution in [1.29, 1.82) is 0 Å². The van der Waals surface area contributed by atoms with Crippen molar-refractivity contribution < 1.29 is 31.4 Å². The highest BCUT2D eigenvalue weighted by Crippen LogP contribution is 2.40. The van der Waals surface area contributed by atoms with E-state index in [-0.39, 0.29) is 5.56 Å². The third kappa shape index (κ3) is 3.28. The van der Waals surface area contributed by atoms with E-state index in [2.05, 4.69) is 11.5 Å². The summed E-state index contributed by atoms with van der Waals surface area (Å²) in [6, 6.07) is 5.49. The van der Waals surface area contributed by atoms with Crippen molar-refractivity contribution in [3.8, 4) is 0 Å². The van der Waals surface area contributed by atoms with Gasteiger partial charge in [0.1, 0.15) is 0 Å². The highest BCUT2D eigenvalue weighted by atomic mass is 19.4. The van der Waals surface area contributed by atoms with Crippen molar-refractivity contribution in [2.24, 2.45) is 0 Å². The molecule has 0 spiro atoms. The molecule has 1 aromatic carbocycles. The summed E-state index contributed by atoms with van der Waals surface area (Å²) in [5.41, 5.74) is 0.727. The molecule has 0 aromatic heterocycles. The average molecular weight is 284 g/mol. The molecule has 0 saturated heterocycles. The molecule has 0 radical (unpaired) electrons. The molecule has 1 aromatic rings. The standard InChI is InChI=1S/C12H10F6O/c1-2-8-3-5-9(6-4-8)7-10(13)11(14,19-18)12(15,16)17/h2-6,10H,1,7H2. The van der Waals surface area contributed by atoms with Crippen molar-refractivity contribution in [1.82, 2.24) is 0 Å². The van der Waals surface area contributed by atoms with Crippen LogP contribution in [-0.2, 0) is 11.4 Å². The molecular weight excluding hydrogens is 274 g/mol. The summed E-state index contributed by atoms with van der Waals surface area (Å²) in [6.07, 6.45) is -8.53. The molecular formula is C12H10F6O. The average Bonchev–Trinajstić information content (AvgIpc) is 2.37. The van der Waals surface area contributed by atoms with Gasteiger partial charge < -0.3 is 0 Å². The molecule has 0 bridgehead atoms. The lowest BCUT2D eigenvalue weighted by Crippen LogP contribution is -2.50. The maximum Gasteiger partial charge on any atom is 0.454 e. The van der Waals surface area contributed by atoms with Crippen LogP contribution < -0.4 is 0 Å². The van der Waals surface area contributed by atoms with Crippen LogP contribution in [0.4, 0.5) is 26.5 Å². The summed E-state index contributed by atoms with van der Waals surface area (Å²) < 4.78 is 74.8. The van der Waals surface area contributed by atoms with Gasteiger partial charge >= 0.3 is 12.0 Å². The maximum absolute atomic E-state index is 13.3. The fourth-order valence-corrected chi connectivity index (χ4v) is 1.40. The van der Waals surface area contributed by atoms with Crippen LogP contribution in [0.2, 0.25) is 0 Å². The number of halogens is 6. The van der Waals surface area contributed by atoms with Crippen LogP contribution in [0.3, 0.4) is 0 Å². The Bertz CT molecular complexity index is 427. The molecule has 0 amide bonds. The fraction of sp³-hybridized carbons (Fsp3) is 0.333. The van der Waals surface area contributed by atoms with Gasteiger partial charge in [-0.1, -0.05) is 36.9 Å². The van der Waals surface area contributed by atoms with Gasteiger partial charge in [-0.15, -0.1) is 4.94 Å². The van der Waals surface area contributed by atoms with Gasteiger partial charge in [-0.05, 0) is 15.7 Å². The molecule has 0 heterocycles. The number of alkyl halides is 5. The Kier molecular flexibility index (Phi) is 4.62. The van der Waals surface area contributed by atoms with E-state index in [0.29, 0.717) is 5.56 Å². The Balaban J connectivity index is 2.87. The van der Waals surface area contributed by atoms with Crippen LogP contribution in [0, 0.1) is 0 Å². The van der Waals surface area contributed by atoms with E-state index >= 15 is 0 Å². The molecule has 0 aliphatic heterocycles. The van der Waals surface area contributed by atoms with Crippen molar-refractivity contribution in [3.63, 3.8) is 0 Å². The second kappa shape index (κ2) is 5.64. The molecule has 2 atom stereocenters. The first-order valence-electron chi connectivity index (χ1n) is 5.15. The van der Waals surface area contributed by atoms with E-state index < -0.39 is 24.6 Å². The van der Waals surface area contributed by atoms with Crippen LogP contribution in [0.5, 0.6) is 0 Å². The van der Waals surface area contributed by atoms with Crippen molar-refractivity contribution >= 4 is 6.08 Å². The first-order chi connectivity index (χ1) is 8.74. The first-order valence-corrected chi connectivity index (χ1v) is 5.15. The van der Waals surface area contributed by atoms with Gasteiger partial charge in [0, 0.05) is 6.42 Å². The molecule has 0 aliphatic rings. The largest absolute Gasteiger partial charge is 0.454 e. The molecule has 1 nitrogen and oxygen atoms in total. The van der Waals surface area contributed by atoms with Crippen LogP contribution in [0.15, 0.2) is 30.8 Å². The quantitative estimate of drug-likeness (QED) is 0.731. The molecule has 7 heteroatoms. The third-order valence-corrected chi connectivity index (χ3v) is 2.53. The van der Waals surface area contributed by atoms with Gasteiger partial charge in [0.05, 0.1) is 0 Å². The fourth-order valence-electron chi connectivity index (χ4n) is 1.40. The van der Waals surface area contributed by atoms with Gasteiger partial charge in [-0.3, -0.25) is 0 Å². The summed E-state index contributed by atoms with van der Waals surface area (Å²) in [5.74, 6) is -4.97. The molecule has 106 valence electrons. The predicted octanol–water partition coefficient (Wildman–Crippen LogP) is 4.34. The highest BCUT2D eigenvalue weighted by Gasteiger charge is 2.65. The van der Waals surface area contributed by atoms with Gasteiger partial charge in [0.2, 0.25) is 0 Å². The summed E-state index contributed by atoms with van der Waals surface area (Å²) in [5, 5.41) is 0. The Morgan fingerprint density at radius 1 is 1.16 bits per heavy atom. The topological polar surface area (TPSA) is 9.23 Å². The summed E-state index contributed by atoms with van der Waals surface area (Å²) in [6.45, 7) is 3.45. The van der Waals surface area contributed by atoms with Crippen LogP contribution in [-0.4, -0.2) is 18.2 Å². The zero-order valence-electron chi connectivity index (χ0n) is 9.55. The first kappa shape index (κ1) is 15.6. The Labute approximate surface area is 105 Å². The Hall–Kier alpha value is -1.50. The lowest BCUT2D eigenvalue weighted by atomic mass is 10.0. The van der Waals surface area contributed by atoms with E-state index in [4.69, 9.17) is 0 Å². The number of benzene rings is 1. The van der Waals surface area contributed by atoms with Gasteiger partial charge in [0.15, 0.2) is 6.17 Å². The summed E-state index contributed by atoms with van der Waals surface area (Å²) in [4.78, 5) is 2.20. The Morgan fingerprint density at radius 3 is 2.05 bits per heavy atom. The van der Waals surface area contributed by atoms with Gasteiger partial charge in [-0.2, -0.15) is 17.6 Å². The molecule has 19 heavy (non-hydrogen) atoms. The molecule has 0 saturated carbocycles. The second-order valence-corrected chi connectivity index (χ2v) is 3.84. The predicted molar refractivity (Wildman–Crippen MR) is 57.2 cm³/mol. The molecule has 0 fully saturated rings. The SMILES string of the molecule is C=Cc1ccc(CC(F)C(F)(OF)C(F)(F)F)cc1. The van der Waals surface area contributed by atoms with E-state index in [0.717, 1.165) is 0 Å². The van der Waals surface area contributed by atoms with E-state index in [1.807, 2.05) is 0 Å². The highest BCUT2D eigenvalue weighted by molar-refractivity contribution is 5.47. The molecule has 0 aliphatic carbocycles. The summed E-state index contributed by atoms with van der Waals surface area (Å²) in [7, 11) is 0. The number of hydrogen-bond acceptors (Lipinski definition) is 1. The smallest absolute Gasteiger partial charge is 0.240 e.